The molecule has 9 heteroatoms. The molecule has 0 radical (unpaired) electrons. The van der Waals surface area contributed by atoms with Gasteiger partial charge in [-0.1, -0.05) is 30.3 Å². The Morgan fingerprint density at radius 3 is 2.47 bits per heavy atom. The second kappa shape index (κ2) is 10.5. The molecule has 2 aromatic rings. The fraction of sp³-hybridized carbons (Fsp3) is 0.381. The summed E-state index contributed by atoms with van der Waals surface area (Å²) in [4.78, 5) is 12.0. The molecular formula is C21H22F3NO3S2. The summed E-state index contributed by atoms with van der Waals surface area (Å²) in [5.41, 5.74) is 0.00518. The van der Waals surface area contributed by atoms with Crippen molar-refractivity contribution in [2.75, 3.05) is 24.7 Å². The van der Waals surface area contributed by atoms with E-state index in [0.717, 1.165) is 17.6 Å². The molecule has 3 rings (SSSR count). The summed E-state index contributed by atoms with van der Waals surface area (Å²) in [5, 5.41) is 12.5. The standard InChI is InChI=1S/C21H22F3NO3S2/c22-21(23,24)17-5-2-1-4-16(17)18(26)12-25-19(27)13-28-15-8-6-14(7-9-15)20-29-10-3-11-30-20/h1-2,4-9,18,20,26H,3,10-13H2,(H,25,27). The number of ether oxygens (including phenoxy) is 1. The van der Waals surface area contributed by atoms with Gasteiger partial charge in [0, 0.05) is 6.54 Å². The Balaban J connectivity index is 1.47. The van der Waals surface area contributed by atoms with Crippen LogP contribution in [0.15, 0.2) is 48.5 Å². The number of rotatable bonds is 7. The Kier molecular flexibility index (Phi) is 7.96. The molecule has 2 N–H and O–H groups in total. The van der Waals surface area contributed by atoms with E-state index in [1.54, 1.807) is 12.1 Å². The van der Waals surface area contributed by atoms with Crippen molar-refractivity contribution in [2.45, 2.75) is 23.3 Å². The third kappa shape index (κ3) is 6.33. The summed E-state index contributed by atoms with van der Waals surface area (Å²) in [7, 11) is 0. The molecule has 0 bridgehead atoms. The highest BCUT2D eigenvalue weighted by atomic mass is 32.2. The molecule has 1 amide bonds. The molecular weight excluding hydrogens is 435 g/mol. The first-order valence-electron chi connectivity index (χ1n) is 9.41. The second-order valence-corrected chi connectivity index (χ2v) is 9.41. The zero-order chi connectivity index (χ0) is 21.6. The predicted molar refractivity (Wildman–Crippen MR) is 114 cm³/mol. The molecule has 30 heavy (non-hydrogen) atoms. The van der Waals surface area contributed by atoms with E-state index in [1.807, 2.05) is 35.7 Å². The number of aliphatic hydroxyl groups excluding tert-OH is 1. The molecule has 0 aromatic heterocycles. The first-order chi connectivity index (χ1) is 14.3. The number of thioether (sulfide) groups is 2. The highest BCUT2D eigenvalue weighted by Gasteiger charge is 2.34. The number of carbonyl (C=O) groups excluding carboxylic acids is 1. The van der Waals surface area contributed by atoms with E-state index < -0.39 is 23.8 Å². The van der Waals surface area contributed by atoms with Crippen molar-refractivity contribution in [2.24, 2.45) is 0 Å². The monoisotopic (exact) mass is 457 g/mol. The summed E-state index contributed by atoms with van der Waals surface area (Å²) in [5.74, 6) is 2.30. The van der Waals surface area contributed by atoms with Gasteiger partial charge in [0.05, 0.1) is 16.2 Å². The number of amides is 1. The molecule has 162 valence electrons. The molecule has 1 fully saturated rings. The number of nitrogens with one attached hydrogen (secondary N) is 1. The smallest absolute Gasteiger partial charge is 0.416 e. The first-order valence-corrected chi connectivity index (χ1v) is 11.5. The van der Waals surface area contributed by atoms with E-state index in [9.17, 15) is 23.1 Å². The van der Waals surface area contributed by atoms with Gasteiger partial charge in [-0.15, -0.1) is 23.5 Å². The molecule has 1 saturated heterocycles. The van der Waals surface area contributed by atoms with Crippen molar-refractivity contribution in [3.8, 4) is 5.75 Å². The Labute approximate surface area is 181 Å². The van der Waals surface area contributed by atoms with Crippen LogP contribution >= 0.6 is 23.5 Å². The van der Waals surface area contributed by atoms with Gasteiger partial charge in [0.25, 0.3) is 5.91 Å². The predicted octanol–water partition coefficient (Wildman–Crippen LogP) is 4.80. The first kappa shape index (κ1) is 22.8. The van der Waals surface area contributed by atoms with E-state index in [0.29, 0.717) is 10.3 Å². The van der Waals surface area contributed by atoms with Gasteiger partial charge < -0.3 is 15.2 Å². The maximum absolute atomic E-state index is 13.0. The Bertz CT molecular complexity index is 840. The zero-order valence-electron chi connectivity index (χ0n) is 16.0. The number of benzene rings is 2. The molecule has 0 spiro atoms. The minimum atomic E-state index is -4.58. The molecule has 1 aliphatic heterocycles. The van der Waals surface area contributed by atoms with E-state index in [-0.39, 0.29) is 18.7 Å². The van der Waals surface area contributed by atoms with Crippen molar-refractivity contribution in [1.29, 1.82) is 0 Å². The summed E-state index contributed by atoms with van der Waals surface area (Å²) in [6.45, 7) is -0.635. The van der Waals surface area contributed by atoms with E-state index in [1.165, 1.54) is 30.2 Å². The van der Waals surface area contributed by atoms with Gasteiger partial charge in [-0.25, -0.2) is 0 Å². The SMILES string of the molecule is O=C(COc1ccc(C2SCCCS2)cc1)NCC(O)c1ccccc1C(F)(F)F. The summed E-state index contributed by atoms with van der Waals surface area (Å²) in [6.07, 6.45) is -4.83. The lowest BCUT2D eigenvalue weighted by Crippen LogP contribution is -2.33. The fourth-order valence-electron chi connectivity index (χ4n) is 2.97. The van der Waals surface area contributed by atoms with Crippen molar-refractivity contribution in [1.82, 2.24) is 5.32 Å². The molecule has 1 aliphatic rings. The van der Waals surface area contributed by atoms with Crippen LogP contribution in [0.3, 0.4) is 0 Å². The van der Waals surface area contributed by atoms with Gasteiger partial charge in [-0.05, 0) is 47.3 Å². The molecule has 2 aromatic carbocycles. The lowest BCUT2D eigenvalue weighted by atomic mass is 10.0. The average molecular weight is 458 g/mol. The maximum atomic E-state index is 13.0. The van der Waals surface area contributed by atoms with Crippen LogP contribution in [0.1, 0.15) is 33.8 Å². The lowest BCUT2D eigenvalue weighted by molar-refractivity contribution is -0.139. The van der Waals surface area contributed by atoms with Crippen LogP contribution in [0.2, 0.25) is 0 Å². The molecule has 1 atom stereocenters. The third-order valence-electron chi connectivity index (χ3n) is 4.47. The minimum absolute atomic E-state index is 0.278. The van der Waals surface area contributed by atoms with Crippen LogP contribution in [-0.4, -0.2) is 35.7 Å². The molecule has 4 nitrogen and oxygen atoms in total. The van der Waals surface area contributed by atoms with Crippen LogP contribution in [0, 0.1) is 0 Å². The summed E-state index contributed by atoms with van der Waals surface area (Å²) < 4.78 is 45.0. The van der Waals surface area contributed by atoms with Crippen molar-refractivity contribution in [3.63, 3.8) is 0 Å². The van der Waals surface area contributed by atoms with E-state index in [2.05, 4.69) is 5.32 Å². The Morgan fingerprint density at radius 2 is 1.80 bits per heavy atom. The highest BCUT2D eigenvalue weighted by Crippen LogP contribution is 2.43. The fourth-order valence-corrected chi connectivity index (χ4v) is 5.86. The summed E-state index contributed by atoms with van der Waals surface area (Å²) >= 11 is 3.83. The Morgan fingerprint density at radius 1 is 1.13 bits per heavy atom. The Hall–Kier alpha value is -1.84. The third-order valence-corrected chi connectivity index (χ3v) is 7.48. The van der Waals surface area contributed by atoms with Crippen molar-refractivity contribution in [3.05, 3.63) is 65.2 Å². The number of hydrogen-bond donors (Lipinski definition) is 2. The largest absolute Gasteiger partial charge is 0.484 e. The van der Waals surface area contributed by atoms with Gasteiger partial charge in [-0.2, -0.15) is 13.2 Å². The van der Waals surface area contributed by atoms with Crippen LogP contribution in [0.25, 0.3) is 0 Å². The van der Waals surface area contributed by atoms with Crippen LogP contribution in [0.4, 0.5) is 13.2 Å². The van der Waals surface area contributed by atoms with Gasteiger partial charge in [0.15, 0.2) is 6.61 Å². The second-order valence-electron chi connectivity index (χ2n) is 6.69. The molecule has 1 unspecified atom stereocenters. The maximum Gasteiger partial charge on any atom is 0.416 e. The van der Waals surface area contributed by atoms with E-state index >= 15 is 0 Å². The molecule has 1 heterocycles. The van der Waals surface area contributed by atoms with Gasteiger partial charge >= 0.3 is 6.18 Å². The van der Waals surface area contributed by atoms with Gasteiger partial charge in [0.1, 0.15) is 5.75 Å². The normalized spacial score (nSPS) is 16.1. The molecule has 0 saturated carbocycles. The van der Waals surface area contributed by atoms with Gasteiger partial charge in [-0.3, -0.25) is 4.79 Å². The van der Waals surface area contributed by atoms with Crippen molar-refractivity contribution >= 4 is 29.4 Å². The number of alkyl halides is 3. The topological polar surface area (TPSA) is 58.6 Å². The quantitative estimate of drug-likeness (QED) is 0.625. The van der Waals surface area contributed by atoms with Crippen molar-refractivity contribution < 1.29 is 27.8 Å². The van der Waals surface area contributed by atoms with Crippen LogP contribution in [-0.2, 0) is 11.0 Å². The van der Waals surface area contributed by atoms with E-state index in [4.69, 9.17) is 4.74 Å². The number of halogens is 3. The van der Waals surface area contributed by atoms with Crippen LogP contribution < -0.4 is 10.1 Å². The highest BCUT2D eigenvalue weighted by molar-refractivity contribution is 8.16. The average Bonchev–Trinajstić information content (AvgIpc) is 2.76. The number of hydrogen-bond acceptors (Lipinski definition) is 5. The zero-order valence-corrected chi connectivity index (χ0v) is 17.7. The number of carbonyl (C=O) groups is 1. The van der Waals surface area contributed by atoms with Crippen LogP contribution in [0.5, 0.6) is 5.75 Å². The summed E-state index contributed by atoms with van der Waals surface area (Å²) in [6, 6.07) is 12.3. The molecule has 0 aliphatic carbocycles. The number of aliphatic hydroxyl groups is 1. The van der Waals surface area contributed by atoms with Gasteiger partial charge in [0.2, 0.25) is 0 Å². The lowest BCUT2D eigenvalue weighted by Gasteiger charge is -2.21. The minimum Gasteiger partial charge on any atom is -0.484 e.